The predicted molar refractivity (Wildman–Crippen MR) is 111 cm³/mol. The van der Waals surface area contributed by atoms with E-state index >= 15 is 0 Å². The minimum Gasteiger partial charge on any atom is -1.00 e. The van der Waals surface area contributed by atoms with Gasteiger partial charge in [0, 0.05) is 0 Å². The Bertz CT molecular complexity index is 833. The van der Waals surface area contributed by atoms with Crippen molar-refractivity contribution < 1.29 is 48.7 Å². The summed E-state index contributed by atoms with van der Waals surface area (Å²) in [6.07, 6.45) is 0. The Kier molecular flexibility index (Phi) is 9.76. The van der Waals surface area contributed by atoms with Crippen LogP contribution in [0.25, 0.3) is 21.5 Å². The van der Waals surface area contributed by atoms with E-state index in [1.165, 1.54) is 56.6 Å². The third kappa shape index (κ3) is 6.87. The quantitative estimate of drug-likeness (QED) is 0.281. The molecular formula is C24H31Cl2Hf-. The number of benzene rings is 2. The van der Waals surface area contributed by atoms with E-state index in [0.717, 1.165) is 0 Å². The van der Waals surface area contributed by atoms with Gasteiger partial charge in [0.15, 0.2) is 0 Å². The van der Waals surface area contributed by atoms with Crippen LogP contribution >= 0.6 is 0 Å². The first-order valence-electron chi connectivity index (χ1n) is 9.05. The van der Waals surface area contributed by atoms with Crippen molar-refractivity contribution in [3.63, 3.8) is 0 Å². The van der Waals surface area contributed by atoms with Crippen molar-refractivity contribution in [2.24, 2.45) is 0 Å². The van der Waals surface area contributed by atoms with Gasteiger partial charge in [0.1, 0.15) is 0 Å². The van der Waals surface area contributed by atoms with Crippen molar-refractivity contribution in [3.8, 4) is 0 Å². The fourth-order valence-electron chi connectivity index (χ4n) is 2.96. The van der Waals surface area contributed by atoms with Gasteiger partial charge in [-0.1, -0.05) is 76.9 Å². The summed E-state index contributed by atoms with van der Waals surface area (Å²) in [5.41, 5.74) is 3.21. The van der Waals surface area contributed by atoms with Crippen molar-refractivity contribution in [1.29, 1.82) is 0 Å². The molecule has 0 bridgehead atoms. The summed E-state index contributed by atoms with van der Waals surface area (Å²) in [5.74, 6) is 0. The first kappa shape index (κ1) is 26.6. The zero-order chi connectivity index (χ0) is 19.0. The molecule has 0 atom stereocenters. The van der Waals surface area contributed by atoms with E-state index in [-0.39, 0.29) is 35.6 Å². The van der Waals surface area contributed by atoms with Crippen LogP contribution in [0.1, 0.15) is 66.5 Å². The molecule has 0 radical (unpaired) electrons. The maximum absolute atomic E-state index is 2.35. The summed E-state index contributed by atoms with van der Waals surface area (Å²) in [7, 11) is 0. The van der Waals surface area contributed by atoms with E-state index < -0.39 is 0 Å². The normalized spacial score (nSPS) is 11.3. The van der Waals surface area contributed by atoms with Crippen LogP contribution in [0.15, 0.2) is 42.5 Å². The molecule has 3 aromatic rings. The second-order valence-corrected chi connectivity index (χ2v) is 12.8. The molecule has 27 heavy (non-hydrogen) atoms. The molecule has 0 aliphatic carbocycles. The van der Waals surface area contributed by atoms with Crippen LogP contribution in [0.2, 0.25) is 0 Å². The third-order valence-corrected chi connectivity index (χ3v) is 4.44. The number of rotatable bonds is 0. The summed E-state index contributed by atoms with van der Waals surface area (Å²) in [6, 6.07) is 16.2. The first-order valence-corrected chi connectivity index (χ1v) is 10.8. The molecule has 146 valence electrons. The SMILES string of the molecule is CC(C)(C)c1ccc2c(c1)[cH-]c1cc(C(C)(C)C)ccc12.C[C](C)=[Hf+2].[Cl-].[Cl-]. The zero-order valence-corrected chi connectivity index (χ0v) is 22.9. The number of halogens is 2. The first-order chi connectivity index (χ1) is 11.4. The Labute approximate surface area is 192 Å². The number of fused-ring (bicyclic) bond motifs is 3. The molecule has 0 spiro atoms. The van der Waals surface area contributed by atoms with Gasteiger partial charge in [-0.3, -0.25) is 0 Å². The molecule has 0 unspecified atom stereocenters. The van der Waals surface area contributed by atoms with Crippen LogP contribution in [-0.2, 0) is 34.7 Å². The van der Waals surface area contributed by atoms with Gasteiger partial charge < -0.3 is 24.8 Å². The van der Waals surface area contributed by atoms with Gasteiger partial charge in [-0.25, -0.2) is 0 Å². The maximum atomic E-state index is 2.35. The summed E-state index contributed by atoms with van der Waals surface area (Å²) >= 11 is 1.27. The van der Waals surface area contributed by atoms with Gasteiger partial charge in [0.2, 0.25) is 0 Å². The van der Waals surface area contributed by atoms with E-state index in [1.807, 2.05) is 0 Å². The van der Waals surface area contributed by atoms with E-state index in [4.69, 9.17) is 0 Å². The van der Waals surface area contributed by atoms with Gasteiger partial charge in [0.05, 0.1) is 0 Å². The Balaban J connectivity index is 0.00000103. The Hall–Kier alpha value is -0.370. The third-order valence-electron chi connectivity index (χ3n) is 4.44. The second-order valence-electron chi connectivity index (χ2n) is 9.25. The van der Waals surface area contributed by atoms with Gasteiger partial charge in [-0.15, -0.1) is 39.7 Å². The molecule has 0 aliphatic rings. The van der Waals surface area contributed by atoms with Gasteiger partial charge in [-0.05, 0) is 10.8 Å². The largest absolute Gasteiger partial charge is 1.00 e. The number of hydrogen-bond acceptors (Lipinski definition) is 0. The van der Waals surface area contributed by atoms with Crippen molar-refractivity contribution in [3.05, 3.63) is 53.6 Å². The molecule has 3 rings (SSSR count). The van der Waals surface area contributed by atoms with E-state index in [2.05, 4.69) is 97.9 Å². The van der Waals surface area contributed by atoms with Gasteiger partial charge in [0.25, 0.3) is 0 Å². The summed E-state index contributed by atoms with van der Waals surface area (Å²) < 4.78 is 1.56. The molecule has 0 N–H and O–H groups in total. The Morgan fingerprint density at radius 3 is 1.26 bits per heavy atom. The average Bonchev–Trinajstić information content (AvgIpc) is 2.81. The molecule has 0 aliphatic heterocycles. The fraction of sp³-hybridized carbons (Fsp3) is 0.417. The zero-order valence-electron chi connectivity index (χ0n) is 17.8. The van der Waals surface area contributed by atoms with Crippen LogP contribution in [0.4, 0.5) is 0 Å². The Morgan fingerprint density at radius 1 is 0.704 bits per heavy atom. The molecule has 3 aromatic carbocycles. The summed E-state index contributed by atoms with van der Waals surface area (Å²) in [6.45, 7) is 17.9. The van der Waals surface area contributed by atoms with Crippen molar-refractivity contribution in [1.82, 2.24) is 0 Å². The van der Waals surface area contributed by atoms with Crippen molar-refractivity contribution in [2.45, 2.75) is 66.2 Å². The summed E-state index contributed by atoms with van der Waals surface area (Å²) in [4.78, 5) is 0. The standard InChI is InChI=1S/C21H25.C3H6.2ClH.Hf/c1-20(2,3)16-7-9-18-14(12-16)11-15-13-17(21(4,5)6)8-10-19(15)18;1-3-2;;;/h7-13H,1-6H3;1-2H3;2*1H;/q-1;;;;+2/p-2. The van der Waals surface area contributed by atoms with Crippen LogP contribution in [0.3, 0.4) is 0 Å². The molecule has 0 heterocycles. The molecule has 0 saturated heterocycles. The summed E-state index contributed by atoms with van der Waals surface area (Å²) in [5, 5.41) is 5.48. The van der Waals surface area contributed by atoms with Crippen LogP contribution in [-0.4, -0.2) is 3.26 Å². The van der Waals surface area contributed by atoms with E-state index in [9.17, 15) is 0 Å². The average molecular weight is 569 g/mol. The number of hydrogen-bond donors (Lipinski definition) is 0. The van der Waals surface area contributed by atoms with Crippen LogP contribution in [0, 0.1) is 0 Å². The van der Waals surface area contributed by atoms with E-state index in [1.54, 1.807) is 3.26 Å². The van der Waals surface area contributed by atoms with E-state index in [0.29, 0.717) is 0 Å². The molecular weight excluding hydrogens is 538 g/mol. The fourth-order valence-corrected chi connectivity index (χ4v) is 2.96. The smallest absolute Gasteiger partial charge is 1.00 e. The van der Waals surface area contributed by atoms with Crippen molar-refractivity contribution in [2.75, 3.05) is 0 Å². The van der Waals surface area contributed by atoms with Crippen LogP contribution < -0.4 is 24.8 Å². The van der Waals surface area contributed by atoms with Crippen LogP contribution in [0.5, 0.6) is 0 Å². The molecule has 0 nitrogen and oxygen atoms in total. The molecule has 0 aromatic heterocycles. The molecule has 0 fully saturated rings. The predicted octanol–water partition coefficient (Wildman–Crippen LogP) is 1.06. The minimum absolute atomic E-state index is 0. The second kappa shape index (κ2) is 9.90. The van der Waals surface area contributed by atoms with Gasteiger partial charge in [-0.2, -0.15) is 0 Å². The Morgan fingerprint density at radius 2 is 1.00 bits per heavy atom. The minimum atomic E-state index is 0. The maximum Gasteiger partial charge on any atom is -1.00 e. The topological polar surface area (TPSA) is 0 Å². The monoisotopic (exact) mass is 569 g/mol. The molecule has 0 amide bonds. The molecule has 0 saturated carbocycles. The molecule has 3 heteroatoms. The van der Waals surface area contributed by atoms with Gasteiger partial charge >= 0.3 is 41.0 Å². The van der Waals surface area contributed by atoms with Crippen molar-refractivity contribution >= 4 is 24.8 Å².